The van der Waals surface area contributed by atoms with E-state index in [0.29, 0.717) is 41.6 Å². The van der Waals surface area contributed by atoms with Crippen LogP contribution in [-0.4, -0.2) is 23.4 Å². The topological polar surface area (TPSA) is 80.8 Å². The van der Waals surface area contributed by atoms with Gasteiger partial charge in [-0.2, -0.15) is 0 Å². The third-order valence-corrected chi connectivity index (χ3v) is 5.62. The first kappa shape index (κ1) is 22.2. The van der Waals surface area contributed by atoms with Gasteiger partial charge in [-0.25, -0.2) is 0 Å². The molecule has 1 aliphatic heterocycles. The van der Waals surface area contributed by atoms with Crippen molar-refractivity contribution in [3.05, 3.63) is 114 Å². The van der Waals surface area contributed by atoms with E-state index in [1.54, 1.807) is 47.6 Å². The van der Waals surface area contributed by atoms with Crippen LogP contribution >= 0.6 is 0 Å². The zero-order valence-corrected chi connectivity index (χ0v) is 18.9. The predicted octanol–water partition coefficient (Wildman–Crippen LogP) is 4.84. The van der Waals surface area contributed by atoms with Gasteiger partial charge in [-0.15, -0.1) is 0 Å². The number of rotatable bonds is 7. The third-order valence-electron chi connectivity index (χ3n) is 5.62. The van der Waals surface area contributed by atoms with E-state index in [2.05, 4.69) is 10.3 Å². The molecule has 1 aromatic heterocycles. The van der Waals surface area contributed by atoms with Gasteiger partial charge in [0, 0.05) is 23.6 Å². The number of pyridine rings is 1. The summed E-state index contributed by atoms with van der Waals surface area (Å²) in [6.07, 6.45) is 3.38. The summed E-state index contributed by atoms with van der Waals surface area (Å²) in [5.74, 6) is 0.803. The van der Waals surface area contributed by atoms with Crippen LogP contribution in [0.15, 0.2) is 97.3 Å². The number of carbonyl (C=O) groups excluding carboxylic acids is 2. The molecule has 0 saturated carbocycles. The molecule has 0 fully saturated rings. The predicted molar refractivity (Wildman–Crippen MR) is 133 cm³/mol. The lowest BCUT2D eigenvalue weighted by molar-refractivity contribution is -0.121. The Hall–Kier alpha value is -4.65. The van der Waals surface area contributed by atoms with Gasteiger partial charge in [-0.05, 0) is 65.7 Å². The second-order valence-corrected chi connectivity index (χ2v) is 8.06. The van der Waals surface area contributed by atoms with Gasteiger partial charge in [0.05, 0.1) is 12.2 Å². The maximum Gasteiger partial charge on any atom is 0.265 e. The SMILES string of the molecule is O=C(Nc1ccc(OCc2ccccc2)cc1)c1ccc2c(c1)OCC(=O)N2Cc1ccncc1. The standard InChI is InChI=1S/C28H23N3O4/c32-27-19-35-26-16-22(6-11-25(26)31(27)17-20-12-14-29-15-13-20)28(33)30-23-7-9-24(10-8-23)34-18-21-4-2-1-3-5-21/h1-16H,17-19H2,(H,30,33). The molecule has 0 atom stereocenters. The highest BCUT2D eigenvalue weighted by atomic mass is 16.5. The fourth-order valence-electron chi connectivity index (χ4n) is 3.77. The molecular weight excluding hydrogens is 442 g/mol. The number of amides is 2. The summed E-state index contributed by atoms with van der Waals surface area (Å²) in [6, 6.07) is 26.0. The van der Waals surface area contributed by atoms with Crippen LogP contribution < -0.4 is 19.7 Å². The van der Waals surface area contributed by atoms with Crippen LogP contribution in [0.4, 0.5) is 11.4 Å². The molecule has 7 nitrogen and oxygen atoms in total. The van der Waals surface area contributed by atoms with Crippen molar-refractivity contribution in [1.29, 1.82) is 0 Å². The fraction of sp³-hybridized carbons (Fsp3) is 0.107. The molecule has 0 unspecified atom stereocenters. The maximum absolute atomic E-state index is 12.8. The van der Waals surface area contributed by atoms with E-state index >= 15 is 0 Å². The smallest absolute Gasteiger partial charge is 0.265 e. The molecule has 2 heterocycles. The normalized spacial score (nSPS) is 12.5. The average Bonchev–Trinajstić information content (AvgIpc) is 2.91. The van der Waals surface area contributed by atoms with Crippen LogP contribution in [0, 0.1) is 0 Å². The molecule has 7 heteroatoms. The van der Waals surface area contributed by atoms with Gasteiger partial charge in [0.15, 0.2) is 6.61 Å². The highest BCUT2D eigenvalue weighted by molar-refractivity contribution is 6.06. The Bertz CT molecular complexity index is 1330. The van der Waals surface area contributed by atoms with Gasteiger partial charge in [-0.3, -0.25) is 14.6 Å². The number of fused-ring (bicyclic) bond motifs is 1. The number of nitrogens with zero attached hydrogens (tertiary/aromatic N) is 2. The van der Waals surface area contributed by atoms with Crippen LogP contribution in [0.5, 0.6) is 11.5 Å². The molecule has 0 spiro atoms. The zero-order chi connectivity index (χ0) is 24.0. The average molecular weight is 466 g/mol. The molecule has 1 aliphatic rings. The van der Waals surface area contributed by atoms with E-state index < -0.39 is 0 Å². The monoisotopic (exact) mass is 465 g/mol. The van der Waals surface area contributed by atoms with Crippen molar-refractivity contribution in [3.8, 4) is 11.5 Å². The molecule has 0 aliphatic carbocycles. The second kappa shape index (κ2) is 10.1. The summed E-state index contributed by atoms with van der Waals surface area (Å²) < 4.78 is 11.4. The van der Waals surface area contributed by atoms with Crippen molar-refractivity contribution in [1.82, 2.24) is 4.98 Å². The number of aromatic nitrogens is 1. The number of hydrogen-bond acceptors (Lipinski definition) is 5. The van der Waals surface area contributed by atoms with Crippen LogP contribution in [0.25, 0.3) is 0 Å². The van der Waals surface area contributed by atoms with Crippen molar-refractivity contribution >= 4 is 23.2 Å². The van der Waals surface area contributed by atoms with E-state index in [-0.39, 0.29) is 18.4 Å². The second-order valence-electron chi connectivity index (χ2n) is 8.06. The number of benzene rings is 3. The van der Waals surface area contributed by atoms with Gasteiger partial charge >= 0.3 is 0 Å². The third kappa shape index (κ3) is 5.30. The minimum atomic E-state index is -0.271. The molecule has 5 rings (SSSR count). The number of anilines is 2. The van der Waals surface area contributed by atoms with Crippen molar-refractivity contribution in [2.24, 2.45) is 0 Å². The van der Waals surface area contributed by atoms with E-state index in [4.69, 9.17) is 9.47 Å². The molecular formula is C28H23N3O4. The number of nitrogens with one attached hydrogen (secondary N) is 1. The first-order valence-electron chi connectivity index (χ1n) is 11.2. The number of ether oxygens (including phenoxy) is 2. The molecule has 4 aromatic rings. The largest absolute Gasteiger partial charge is 0.489 e. The van der Waals surface area contributed by atoms with E-state index in [1.165, 1.54) is 0 Å². The Labute approximate surface area is 203 Å². The Morgan fingerprint density at radius 3 is 2.49 bits per heavy atom. The van der Waals surface area contributed by atoms with Gasteiger partial charge in [0.25, 0.3) is 11.8 Å². The quantitative estimate of drug-likeness (QED) is 0.423. The van der Waals surface area contributed by atoms with E-state index in [9.17, 15) is 9.59 Å². The van der Waals surface area contributed by atoms with Gasteiger partial charge in [-0.1, -0.05) is 30.3 Å². The van der Waals surface area contributed by atoms with Crippen molar-refractivity contribution < 1.29 is 19.1 Å². The summed E-state index contributed by atoms with van der Waals surface area (Å²) in [6.45, 7) is 0.803. The van der Waals surface area contributed by atoms with Gasteiger partial charge in [0.2, 0.25) is 0 Å². The first-order chi connectivity index (χ1) is 17.2. The summed E-state index contributed by atoms with van der Waals surface area (Å²) >= 11 is 0. The molecule has 0 bridgehead atoms. The summed E-state index contributed by atoms with van der Waals surface area (Å²) in [5.41, 5.74) is 3.76. The van der Waals surface area contributed by atoms with Crippen molar-refractivity contribution in [2.45, 2.75) is 13.2 Å². The Kier molecular flexibility index (Phi) is 6.39. The molecule has 0 radical (unpaired) electrons. The van der Waals surface area contributed by atoms with Gasteiger partial charge in [0.1, 0.15) is 18.1 Å². The van der Waals surface area contributed by atoms with Crippen molar-refractivity contribution in [3.63, 3.8) is 0 Å². The molecule has 3 aromatic carbocycles. The lowest BCUT2D eigenvalue weighted by Gasteiger charge is -2.29. The molecule has 1 N–H and O–H groups in total. The zero-order valence-electron chi connectivity index (χ0n) is 18.9. The minimum absolute atomic E-state index is 0.0758. The minimum Gasteiger partial charge on any atom is -0.489 e. The first-order valence-corrected chi connectivity index (χ1v) is 11.2. The van der Waals surface area contributed by atoms with Crippen molar-refractivity contribution in [2.75, 3.05) is 16.8 Å². The molecule has 174 valence electrons. The highest BCUT2D eigenvalue weighted by Crippen LogP contribution is 2.34. The molecule has 0 saturated heterocycles. The summed E-state index contributed by atoms with van der Waals surface area (Å²) in [7, 11) is 0. The highest BCUT2D eigenvalue weighted by Gasteiger charge is 2.26. The molecule has 35 heavy (non-hydrogen) atoms. The number of hydrogen-bond donors (Lipinski definition) is 1. The van der Waals surface area contributed by atoms with Crippen LogP contribution in [0.1, 0.15) is 21.5 Å². The molecule has 2 amide bonds. The summed E-state index contributed by atoms with van der Waals surface area (Å²) in [4.78, 5) is 31.0. The van der Waals surface area contributed by atoms with E-state index in [1.807, 2.05) is 54.6 Å². The fourth-order valence-corrected chi connectivity index (χ4v) is 3.77. The Morgan fingerprint density at radius 2 is 1.71 bits per heavy atom. The van der Waals surface area contributed by atoms with Gasteiger partial charge < -0.3 is 19.7 Å². The van der Waals surface area contributed by atoms with E-state index in [0.717, 1.165) is 11.1 Å². The lowest BCUT2D eigenvalue weighted by atomic mass is 10.1. The Balaban J connectivity index is 1.24. The maximum atomic E-state index is 12.8. The lowest BCUT2D eigenvalue weighted by Crippen LogP contribution is -2.38. The Morgan fingerprint density at radius 1 is 0.943 bits per heavy atom. The van der Waals surface area contributed by atoms with Crippen LogP contribution in [0.3, 0.4) is 0 Å². The van der Waals surface area contributed by atoms with Crippen LogP contribution in [0.2, 0.25) is 0 Å². The van der Waals surface area contributed by atoms with Crippen LogP contribution in [-0.2, 0) is 17.9 Å². The number of carbonyl (C=O) groups is 2. The summed E-state index contributed by atoms with van der Waals surface area (Å²) in [5, 5.41) is 2.89.